The number of hydrogen-bond acceptors (Lipinski definition) is 3. The van der Waals surface area contributed by atoms with Gasteiger partial charge in [-0.25, -0.2) is 0 Å². The van der Waals surface area contributed by atoms with Crippen molar-refractivity contribution in [3.05, 3.63) is 29.8 Å². The lowest BCUT2D eigenvalue weighted by Crippen LogP contribution is -2.36. The van der Waals surface area contributed by atoms with E-state index in [9.17, 15) is 9.59 Å². The molecule has 1 aliphatic rings. The second-order valence-corrected chi connectivity index (χ2v) is 5.47. The number of ketones is 1. The molecule has 0 bridgehead atoms. The van der Waals surface area contributed by atoms with Crippen molar-refractivity contribution >= 4 is 11.7 Å². The molecule has 4 nitrogen and oxygen atoms in total. The molecule has 1 amide bonds. The third-order valence-corrected chi connectivity index (χ3v) is 3.77. The van der Waals surface area contributed by atoms with Crippen molar-refractivity contribution in [1.82, 2.24) is 4.90 Å². The van der Waals surface area contributed by atoms with Gasteiger partial charge >= 0.3 is 0 Å². The Balaban J connectivity index is 1.83. The molecule has 0 unspecified atom stereocenters. The molecule has 1 aromatic carbocycles. The lowest BCUT2D eigenvalue weighted by molar-refractivity contribution is -0.133. The van der Waals surface area contributed by atoms with E-state index < -0.39 is 0 Å². The first-order chi connectivity index (χ1) is 10.1. The van der Waals surface area contributed by atoms with E-state index in [1.807, 2.05) is 18.7 Å². The lowest BCUT2D eigenvalue weighted by Gasteiger charge is -2.20. The fraction of sp³-hybridized carbons (Fsp3) is 0.529. The summed E-state index contributed by atoms with van der Waals surface area (Å²) in [6.07, 6.45) is 2.96. The fourth-order valence-corrected chi connectivity index (χ4v) is 2.20. The summed E-state index contributed by atoms with van der Waals surface area (Å²) in [6, 6.07) is 6.97. The molecule has 0 N–H and O–H groups in total. The maximum Gasteiger partial charge on any atom is 0.260 e. The number of benzene rings is 1. The van der Waals surface area contributed by atoms with Crippen LogP contribution in [0.1, 0.15) is 43.5 Å². The van der Waals surface area contributed by atoms with Crippen molar-refractivity contribution < 1.29 is 14.3 Å². The molecule has 1 aromatic rings. The van der Waals surface area contributed by atoms with Gasteiger partial charge in [0.2, 0.25) is 0 Å². The highest BCUT2D eigenvalue weighted by atomic mass is 16.5. The van der Waals surface area contributed by atoms with E-state index in [-0.39, 0.29) is 18.3 Å². The summed E-state index contributed by atoms with van der Waals surface area (Å²) in [5, 5.41) is 0. The van der Waals surface area contributed by atoms with E-state index in [0.29, 0.717) is 23.7 Å². The molecule has 114 valence electrons. The van der Waals surface area contributed by atoms with Gasteiger partial charge in [0, 0.05) is 25.1 Å². The molecule has 0 atom stereocenters. The van der Waals surface area contributed by atoms with Crippen LogP contribution in [0.25, 0.3) is 0 Å². The van der Waals surface area contributed by atoms with Crippen LogP contribution in [-0.2, 0) is 4.79 Å². The minimum Gasteiger partial charge on any atom is -0.484 e. The maximum atomic E-state index is 12.1. The standard InChI is InChI=1S/C17H23NO3/c1-3-16(19)14-7-9-15(10-8-14)21-12-17(20)18(4-2)11-13-5-6-13/h7-10,13H,3-6,11-12H2,1-2H3. The van der Waals surface area contributed by atoms with Gasteiger partial charge in [0.25, 0.3) is 5.91 Å². The molecule has 2 rings (SSSR count). The number of likely N-dealkylation sites (N-methyl/N-ethyl adjacent to an activating group) is 1. The van der Waals surface area contributed by atoms with E-state index in [1.54, 1.807) is 24.3 Å². The van der Waals surface area contributed by atoms with E-state index >= 15 is 0 Å². The smallest absolute Gasteiger partial charge is 0.260 e. The van der Waals surface area contributed by atoms with Crippen LogP contribution in [0, 0.1) is 5.92 Å². The van der Waals surface area contributed by atoms with Crippen molar-refractivity contribution in [3.8, 4) is 5.75 Å². The monoisotopic (exact) mass is 289 g/mol. The van der Waals surface area contributed by atoms with Crippen LogP contribution in [0.2, 0.25) is 0 Å². The van der Waals surface area contributed by atoms with Gasteiger partial charge in [-0.15, -0.1) is 0 Å². The zero-order valence-corrected chi connectivity index (χ0v) is 12.8. The van der Waals surface area contributed by atoms with Crippen molar-refractivity contribution in [1.29, 1.82) is 0 Å². The molecule has 0 saturated heterocycles. The van der Waals surface area contributed by atoms with Gasteiger partial charge in [0.1, 0.15) is 5.75 Å². The molecule has 21 heavy (non-hydrogen) atoms. The quantitative estimate of drug-likeness (QED) is 0.691. The van der Waals surface area contributed by atoms with E-state index in [2.05, 4.69) is 0 Å². The second kappa shape index (κ2) is 7.25. The van der Waals surface area contributed by atoms with E-state index in [0.717, 1.165) is 13.1 Å². The molecule has 1 aliphatic carbocycles. The number of ether oxygens (including phenoxy) is 1. The minimum absolute atomic E-state index is 0.0260. The number of carbonyl (C=O) groups excluding carboxylic acids is 2. The summed E-state index contributed by atoms with van der Waals surface area (Å²) in [5.74, 6) is 1.45. The van der Waals surface area contributed by atoms with Crippen molar-refractivity contribution in [2.24, 2.45) is 5.92 Å². The number of hydrogen-bond donors (Lipinski definition) is 0. The Morgan fingerprint density at radius 2 is 1.86 bits per heavy atom. The van der Waals surface area contributed by atoms with Crippen LogP contribution in [0.4, 0.5) is 0 Å². The number of amides is 1. The normalized spacial score (nSPS) is 13.8. The third kappa shape index (κ3) is 4.59. The Morgan fingerprint density at radius 1 is 1.19 bits per heavy atom. The van der Waals surface area contributed by atoms with Gasteiger partial charge in [-0.05, 0) is 49.9 Å². The van der Waals surface area contributed by atoms with Crippen LogP contribution < -0.4 is 4.74 Å². The van der Waals surface area contributed by atoms with Gasteiger partial charge in [-0.2, -0.15) is 0 Å². The Hall–Kier alpha value is -1.84. The van der Waals surface area contributed by atoms with Crippen LogP contribution in [0.5, 0.6) is 5.75 Å². The molecular formula is C17H23NO3. The SMILES string of the molecule is CCC(=O)c1ccc(OCC(=O)N(CC)CC2CC2)cc1. The van der Waals surface area contributed by atoms with Crippen molar-refractivity contribution in [3.63, 3.8) is 0 Å². The van der Waals surface area contributed by atoms with Crippen LogP contribution in [0.3, 0.4) is 0 Å². The number of nitrogens with zero attached hydrogens (tertiary/aromatic N) is 1. The van der Waals surface area contributed by atoms with Gasteiger partial charge in [-0.3, -0.25) is 9.59 Å². The molecule has 0 aromatic heterocycles. The molecule has 1 saturated carbocycles. The van der Waals surface area contributed by atoms with E-state index in [4.69, 9.17) is 4.74 Å². The average molecular weight is 289 g/mol. The van der Waals surface area contributed by atoms with Gasteiger partial charge in [0.15, 0.2) is 12.4 Å². The summed E-state index contributed by atoms with van der Waals surface area (Å²) < 4.78 is 5.52. The minimum atomic E-state index is 0.0260. The second-order valence-electron chi connectivity index (χ2n) is 5.47. The number of carbonyl (C=O) groups is 2. The molecular weight excluding hydrogens is 266 g/mol. The Labute approximate surface area is 126 Å². The summed E-state index contributed by atoms with van der Waals surface area (Å²) in [4.78, 5) is 25.5. The number of Topliss-reactive ketones (excluding diaryl/α,β-unsaturated/α-hetero) is 1. The van der Waals surface area contributed by atoms with Crippen LogP contribution in [0.15, 0.2) is 24.3 Å². The third-order valence-electron chi connectivity index (χ3n) is 3.77. The zero-order chi connectivity index (χ0) is 15.2. The predicted molar refractivity (Wildman–Crippen MR) is 81.5 cm³/mol. The predicted octanol–water partition coefficient (Wildman–Crippen LogP) is 2.92. The molecule has 0 radical (unpaired) electrons. The Morgan fingerprint density at radius 3 is 2.38 bits per heavy atom. The first kappa shape index (κ1) is 15.5. The fourth-order valence-electron chi connectivity index (χ4n) is 2.20. The highest BCUT2D eigenvalue weighted by Crippen LogP contribution is 2.29. The average Bonchev–Trinajstić information content (AvgIpc) is 3.34. The first-order valence-corrected chi connectivity index (χ1v) is 7.67. The highest BCUT2D eigenvalue weighted by molar-refractivity contribution is 5.95. The topological polar surface area (TPSA) is 46.6 Å². The molecule has 0 aliphatic heterocycles. The van der Waals surface area contributed by atoms with Crippen molar-refractivity contribution in [2.75, 3.05) is 19.7 Å². The molecule has 0 heterocycles. The largest absolute Gasteiger partial charge is 0.484 e. The summed E-state index contributed by atoms with van der Waals surface area (Å²) in [7, 11) is 0. The van der Waals surface area contributed by atoms with Gasteiger partial charge in [0.05, 0.1) is 0 Å². The Kier molecular flexibility index (Phi) is 5.37. The lowest BCUT2D eigenvalue weighted by atomic mass is 10.1. The Bertz CT molecular complexity index is 491. The van der Waals surface area contributed by atoms with E-state index in [1.165, 1.54) is 12.8 Å². The van der Waals surface area contributed by atoms with Gasteiger partial charge in [-0.1, -0.05) is 6.92 Å². The van der Waals surface area contributed by atoms with Gasteiger partial charge < -0.3 is 9.64 Å². The summed E-state index contributed by atoms with van der Waals surface area (Å²) >= 11 is 0. The van der Waals surface area contributed by atoms with Crippen molar-refractivity contribution in [2.45, 2.75) is 33.1 Å². The molecule has 4 heteroatoms. The first-order valence-electron chi connectivity index (χ1n) is 7.67. The molecule has 0 spiro atoms. The molecule has 1 fully saturated rings. The summed E-state index contributed by atoms with van der Waals surface area (Å²) in [6.45, 7) is 5.46. The zero-order valence-electron chi connectivity index (χ0n) is 12.8. The van der Waals surface area contributed by atoms with Crippen LogP contribution >= 0.6 is 0 Å². The summed E-state index contributed by atoms with van der Waals surface area (Å²) in [5.41, 5.74) is 0.681. The highest BCUT2D eigenvalue weighted by Gasteiger charge is 2.26. The number of rotatable bonds is 8. The van der Waals surface area contributed by atoms with Crippen LogP contribution in [-0.4, -0.2) is 36.3 Å². The maximum absolute atomic E-state index is 12.1.